The van der Waals surface area contributed by atoms with E-state index >= 15 is 0 Å². The molecule has 4 rings (SSSR count). The van der Waals surface area contributed by atoms with Gasteiger partial charge in [0.25, 0.3) is 0 Å². The molecule has 0 radical (unpaired) electrons. The fraction of sp³-hybridized carbons (Fsp3) is 0.174. The van der Waals surface area contributed by atoms with E-state index in [9.17, 15) is 4.39 Å². The van der Waals surface area contributed by atoms with Crippen molar-refractivity contribution in [1.29, 1.82) is 0 Å². The molecule has 0 saturated carbocycles. The summed E-state index contributed by atoms with van der Waals surface area (Å²) in [5.74, 6) is -0.213. The van der Waals surface area contributed by atoms with Crippen LogP contribution in [0.25, 0.3) is 16.7 Å². The van der Waals surface area contributed by atoms with Gasteiger partial charge in [0.05, 0.1) is 0 Å². The van der Waals surface area contributed by atoms with Crippen molar-refractivity contribution < 1.29 is 4.39 Å². The third-order valence-electron chi connectivity index (χ3n) is 4.82. The second-order valence-electron chi connectivity index (χ2n) is 6.65. The summed E-state index contributed by atoms with van der Waals surface area (Å²) in [4.78, 5) is 4.54. The zero-order valence-corrected chi connectivity index (χ0v) is 14.5. The quantitative estimate of drug-likeness (QED) is 0.730. The lowest BCUT2D eigenvalue weighted by Crippen LogP contribution is -2.34. The zero-order chi connectivity index (χ0) is 17.8. The van der Waals surface area contributed by atoms with Gasteiger partial charge in [-0.25, -0.2) is 4.39 Å². The summed E-state index contributed by atoms with van der Waals surface area (Å²) in [6, 6.07) is 21.6. The topological polar surface area (TPSA) is 24.9 Å². The Morgan fingerprint density at radius 3 is 2.54 bits per heavy atom. The Kier molecular flexibility index (Phi) is 4.89. The molecule has 1 aliphatic rings. The highest BCUT2D eigenvalue weighted by Gasteiger charge is 2.17. The van der Waals surface area contributed by atoms with Gasteiger partial charge < -0.3 is 5.32 Å². The Morgan fingerprint density at radius 2 is 1.73 bits per heavy atom. The Labute approximate surface area is 153 Å². The monoisotopic (exact) mass is 344 g/mol. The van der Waals surface area contributed by atoms with Crippen LogP contribution >= 0.6 is 0 Å². The van der Waals surface area contributed by atoms with Crippen LogP contribution in [-0.4, -0.2) is 17.6 Å². The number of hydrogen-bond donors (Lipinski definition) is 1. The lowest BCUT2D eigenvalue weighted by Gasteiger charge is -2.24. The summed E-state index contributed by atoms with van der Waals surface area (Å²) in [6.07, 6.45) is 5.98. The van der Waals surface area contributed by atoms with Crippen molar-refractivity contribution in [1.82, 2.24) is 10.3 Å². The number of aromatic nitrogens is 1. The largest absolute Gasteiger partial charge is 0.310 e. The van der Waals surface area contributed by atoms with Crippen LogP contribution in [0.2, 0.25) is 0 Å². The van der Waals surface area contributed by atoms with Crippen molar-refractivity contribution in [2.45, 2.75) is 18.9 Å². The summed E-state index contributed by atoms with van der Waals surface area (Å²) in [5, 5.41) is 3.57. The third kappa shape index (κ3) is 3.89. The predicted octanol–water partition coefficient (Wildman–Crippen LogP) is 4.88. The van der Waals surface area contributed by atoms with Crippen LogP contribution in [0.15, 0.2) is 79.0 Å². The number of nitrogens with one attached hydrogen (secondary N) is 1. The molecule has 130 valence electrons. The Morgan fingerprint density at radius 1 is 0.923 bits per heavy atom. The number of rotatable bonds is 4. The molecular formula is C23H21FN2. The Balaban J connectivity index is 1.48. The molecule has 2 aromatic carbocycles. The van der Waals surface area contributed by atoms with Crippen LogP contribution in [0.1, 0.15) is 17.7 Å². The van der Waals surface area contributed by atoms with Crippen LogP contribution in [0.3, 0.4) is 0 Å². The van der Waals surface area contributed by atoms with Crippen molar-refractivity contribution in [3.05, 3.63) is 96.1 Å². The second-order valence-corrected chi connectivity index (χ2v) is 6.65. The number of nitrogens with zero attached hydrogens (tertiary/aromatic N) is 1. The van der Waals surface area contributed by atoms with Gasteiger partial charge in [0.2, 0.25) is 0 Å². The molecule has 2 nitrogen and oxygen atoms in total. The molecule has 1 atom stereocenters. The summed E-state index contributed by atoms with van der Waals surface area (Å²) in [7, 11) is 0. The highest BCUT2D eigenvalue weighted by Crippen LogP contribution is 2.25. The maximum Gasteiger partial charge on any atom is 0.123 e. The Hall–Kier alpha value is -2.78. The first-order valence-electron chi connectivity index (χ1n) is 8.96. The van der Waals surface area contributed by atoms with Crippen LogP contribution in [0.5, 0.6) is 0 Å². The van der Waals surface area contributed by atoms with E-state index in [2.05, 4.69) is 46.7 Å². The van der Waals surface area contributed by atoms with E-state index in [0.717, 1.165) is 36.2 Å². The van der Waals surface area contributed by atoms with E-state index in [0.29, 0.717) is 6.04 Å². The minimum absolute atomic E-state index is 0.213. The van der Waals surface area contributed by atoms with Crippen molar-refractivity contribution in [3.63, 3.8) is 0 Å². The summed E-state index contributed by atoms with van der Waals surface area (Å²) < 4.78 is 13.1. The summed E-state index contributed by atoms with van der Waals surface area (Å²) in [5.41, 5.74) is 5.83. The first-order valence-corrected chi connectivity index (χ1v) is 8.96. The predicted molar refractivity (Wildman–Crippen MR) is 104 cm³/mol. The molecule has 1 aliphatic heterocycles. The van der Waals surface area contributed by atoms with Gasteiger partial charge in [-0.2, -0.15) is 0 Å². The molecular weight excluding hydrogens is 323 g/mol. The average Bonchev–Trinajstić information content (AvgIpc) is 2.70. The van der Waals surface area contributed by atoms with Crippen LogP contribution < -0.4 is 5.32 Å². The highest BCUT2D eigenvalue weighted by atomic mass is 19.1. The van der Waals surface area contributed by atoms with Crippen LogP contribution in [0.4, 0.5) is 4.39 Å². The van der Waals surface area contributed by atoms with Crippen LogP contribution in [0, 0.1) is 5.82 Å². The van der Waals surface area contributed by atoms with Gasteiger partial charge in [-0.3, -0.25) is 4.98 Å². The number of benzene rings is 2. The highest BCUT2D eigenvalue weighted by molar-refractivity contribution is 5.67. The fourth-order valence-electron chi connectivity index (χ4n) is 3.47. The van der Waals surface area contributed by atoms with Gasteiger partial charge >= 0.3 is 0 Å². The number of halogens is 1. The van der Waals surface area contributed by atoms with E-state index in [1.165, 1.54) is 23.3 Å². The smallest absolute Gasteiger partial charge is 0.123 e. The lowest BCUT2D eigenvalue weighted by atomic mass is 9.92. The molecule has 0 saturated heterocycles. The molecule has 1 unspecified atom stereocenters. The van der Waals surface area contributed by atoms with E-state index in [1.54, 1.807) is 0 Å². The van der Waals surface area contributed by atoms with Crippen molar-refractivity contribution in [2.24, 2.45) is 0 Å². The summed E-state index contributed by atoms with van der Waals surface area (Å²) >= 11 is 0. The molecule has 0 bridgehead atoms. The molecule has 0 fully saturated rings. The van der Waals surface area contributed by atoms with Crippen molar-refractivity contribution >= 4 is 5.57 Å². The minimum Gasteiger partial charge on any atom is -0.310 e. The molecule has 1 aromatic heterocycles. The lowest BCUT2D eigenvalue weighted by molar-refractivity contribution is 0.528. The number of pyridine rings is 1. The van der Waals surface area contributed by atoms with Gasteiger partial charge in [-0.15, -0.1) is 0 Å². The zero-order valence-electron chi connectivity index (χ0n) is 14.5. The molecule has 2 heterocycles. The second kappa shape index (κ2) is 7.63. The van der Waals surface area contributed by atoms with E-state index in [4.69, 9.17) is 0 Å². The minimum atomic E-state index is -0.213. The van der Waals surface area contributed by atoms with Gasteiger partial charge in [0.15, 0.2) is 0 Å². The van der Waals surface area contributed by atoms with Gasteiger partial charge in [0, 0.05) is 30.9 Å². The third-order valence-corrected chi connectivity index (χ3v) is 4.82. The van der Waals surface area contributed by atoms with Crippen LogP contribution in [-0.2, 0) is 6.42 Å². The van der Waals surface area contributed by atoms with Crippen molar-refractivity contribution in [2.75, 3.05) is 6.54 Å². The fourth-order valence-corrected chi connectivity index (χ4v) is 3.47. The van der Waals surface area contributed by atoms with Gasteiger partial charge in [-0.1, -0.05) is 48.5 Å². The SMILES string of the molecule is Fc1ccc(-c2ccnc(CC3CC(c4ccccc4)=CCN3)c2)cc1. The normalized spacial score (nSPS) is 17.0. The van der Waals surface area contributed by atoms with Gasteiger partial charge in [-0.05, 0) is 52.9 Å². The molecule has 0 amide bonds. The van der Waals surface area contributed by atoms with Gasteiger partial charge in [0.1, 0.15) is 5.82 Å². The Bertz CT molecular complexity index is 901. The maximum atomic E-state index is 13.1. The standard InChI is InChI=1S/C23H21FN2/c24-21-8-6-18(7-9-21)20-11-13-26-23(15-20)16-22-14-19(10-12-25-22)17-4-2-1-3-5-17/h1-11,13,15,22,25H,12,14,16H2. The van der Waals surface area contributed by atoms with Crippen molar-refractivity contribution in [3.8, 4) is 11.1 Å². The van der Waals surface area contributed by atoms with E-state index < -0.39 is 0 Å². The molecule has 0 aliphatic carbocycles. The summed E-state index contributed by atoms with van der Waals surface area (Å²) in [6.45, 7) is 0.881. The molecule has 3 heteroatoms. The molecule has 26 heavy (non-hydrogen) atoms. The maximum absolute atomic E-state index is 13.1. The first-order chi connectivity index (χ1) is 12.8. The van der Waals surface area contributed by atoms with E-state index in [1.807, 2.05) is 30.5 Å². The molecule has 3 aromatic rings. The molecule has 0 spiro atoms. The average molecular weight is 344 g/mol. The first kappa shape index (κ1) is 16.7. The number of hydrogen-bond acceptors (Lipinski definition) is 2. The van der Waals surface area contributed by atoms with E-state index in [-0.39, 0.29) is 5.82 Å². The molecule has 1 N–H and O–H groups in total.